The van der Waals surface area contributed by atoms with Gasteiger partial charge in [-0.1, -0.05) is 26.0 Å². The zero-order valence-corrected chi connectivity index (χ0v) is 17.4. The van der Waals surface area contributed by atoms with E-state index in [4.69, 9.17) is 9.47 Å². The van der Waals surface area contributed by atoms with Crippen LogP contribution in [0.1, 0.15) is 39.7 Å². The predicted octanol–water partition coefficient (Wildman–Crippen LogP) is 3.78. The molecule has 0 radical (unpaired) electrons. The average molecular weight is 414 g/mol. The van der Waals surface area contributed by atoms with Gasteiger partial charge in [0.05, 0.1) is 19.9 Å². The Morgan fingerprint density at radius 1 is 1.24 bits per heavy atom. The van der Waals surface area contributed by atoms with Crippen molar-refractivity contribution in [2.45, 2.75) is 20.3 Å². The van der Waals surface area contributed by atoms with Crippen molar-refractivity contribution >= 4 is 28.3 Å². The number of anilines is 1. The van der Waals surface area contributed by atoms with E-state index in [9.17, 15) is 9.59 Å². The summed E-state index contributed by atoms with van der Waals surface area (Å²) in [5, 5.41) is 9.99. The van der Waals surface area contributed by atoms with Gasteiger partial charge in [0, 0.05) is 10.4 Å². The standard InChI is InChI=1S/C20H22N4O4S/c1-11(2)9-16-17(19(26)28-4)21-20(29-16)22-18(25)14-10-13(23-24-14)12-7-5-6-8-15(12)27-3/h5-8,10-11H,9H2,1-4H3,(H,23,24)(H,21,22,25). The Labute approximate surface area is 172 Å². The molecule has 9 heteroatoms. The summed E-state index contributed by atoms with van der Waals surface area (Å²) in [4.78, 5) is 29.6. The van der Waals surface area contributed by atoms with E-state index >= 15 is 0 Å². The maximum absolute atomic E-state index is 12.6. The molecule has 0 bridgehead atoms. The van der Waals surface area contributed by atoms with Gasteiger partial charge in [-0.05, 0) is 30.5 Å². The van der Waals surface area contributed by atoms with Gasteiger partial charge in [-0.3, -0.25) is 15.2 Å². The molecule has 2 aromatic heterocycles. The molecule has 0 saturated heterocycles. The van der Waals surface area contributed by atoms with Gasteiger partial charge in [-0.25, -0.2) is 9.78 Å². The highest BCUT2D eigenvalue weighted by Crippen LogP contribution is 2.29. The summed E-state index contributed by atoms with van der Waals surface area (Å²) in [7, 11) is 2.89. The van der Waals surface area contributed by atoms with Crippen LogP contribution in [-0.4, -0.2) is 41.3 Å². The average Bonchev–Trinajstić information content (AvgIpc) is 3.34. The zero-order chi connectivity index (χ0) is 21.0. The molecule has 1 amide bonds. The second kappa shape index (κ2) is 8.87. The molecule has 1 aromatic carbocycles. The van der Waals surface area contributed by atoms with Crippen LogP contribution in [0.5, 0.6) is 5.75 Å². The molecule has 0 saturated carbocycles. The van der Waals surface area contributed by atoms with Gasteiger partial charge in [0.25, 0.3) is 5.91 Å². The number of carbonyl (C=O) groups excluding carboxylic acids is 2. The van der Waals surface area contributed by atoms with Crippen molar-refractivity contribution < 1.29 is 19.1 Å². The summed E-state index contributed by atoms with van der Waals surface area (Å²) in [5.41, 5.74) is 1.86. The van der Waals surface area contributed by atoms with E-state index in [1.165, 1.54) is 18.4 Å². The van der Waals surface area contributed by atoms with Crippen LogP contribution in [0.2, 0.25) is 0 Å². The van der Waals surface area contributed by atoms with Crippen molar-refractivity contribution in [3.8, 4) is 17.0 Å². The number of carbonyl (C=O) groups is 2. The fourth-order valence-corrected chi connectivity index (χ4v) is 3.92. The number of rotatable bonds is 7. The number of aromatic nitrogens is 3. The highest BCUT2D eigenvalue weighted by molar-refractivity contribution is 7.16. The van der Waals surface area contributed by atoms with Crippen LogP contribution in [0.15, 0.2) is 30.3 Å². The van der Waals surface area contributed by atoms with Gasteiger partial charge < -0.3 is 9.47 Å². The number of methoxy groups -OCH3 is 2. The number of esters is 1. The van der Waals surface area contributed by atoms with Crippen LogP contribution in [0.3, 0.4) is 0 Å². The number of nitrogens with zero attached hydrogens (tertiary/aromatic N) is 2. The van der Waals surface area contributed by atoms with Crippen molar-refractivity contribution in [2.24, 2.45) is 5.92 Å². The lowest BCUT2D eigenvalue weighted by Crippen LogP contribution is -2.12. The maximum atomic E-state index is 12.6. The smallest absolute Gasteiger partial charge is 0.357 e. The van der Waals surface area contributed by atoms with Gasteiger partial charge in [0.2, 0.25) is 0 Å². The van der Waals surface area contributed by atoms with Gasteiger partial charge in [-0.15, -0.1) is 11.3 Å². The quantitative estimate of drug-likeness (QED) is 0.570. The second-order valence-electron chi connectivity index (χ2n) is 6.70. The third-order valence-electron chi connectivity index (χ3n) is 4.10. The van der Waals surface area contributed by atoms with Crippen LogP contribution < -0.4 is 10.1 Å². The third kappa shape index (κ3) is 4.62. The summed E-state index contributed by atoms with van der Waals surface area (Å²) < 4.78 is 10.1. The van der Waals surface area contributed by atoms with Gasteiger partial charge in [-0.2, -0.15) is 5.10 Å². The molecule has 3 rings (SSSR count). The molecular weight excluding hydrogens is 392 g/mol. The largest absolute Gasteiger partial charge is 0.496 e. The fourth-order valence-electron chi connectivity index (χ4n) is 2.77. The highest BCUT2D eigenvalue weighted by atomic mass is 32.1. The minimum absolute atomic E-state index is 0.237. The minimum Gasteiger partial charge on any atom is -0.496 e. The molecule has 0 unspecified atom stereocenters. The number of amides is 1. The molecule has 0 aliphatic heterocycles. The number of hydrogen-bond acceptors (Lipinski definition) is 7. The molecule has 152 valence electrons. The Bertz CT molecular complexity index is 1030. The van der Waals surface area contributed by atoms with E-state index in [-0.39, 0.29) is 11.4 Å². The molecule has 0 aliphatic carbocycles. The van der Waals surface area contributed by atoms with Crippen LogP contribution in [0.4, 0.5) is 5.13 Å². The molecule has 0 atom stereocenters. The van der Waals surface area contributed by atoms with Crippen LogP contribution in [0, 0.1) is 5.92 Å². The number of aromatic amines is 1. The summed E-state index contributed by atoms with van der Waals surface area (Å²) >= 11 is 1.27. The molecule has 2 N–H and O–H groups in total. The molecular formula is C20H22N4O4S. The van der Waals surface area contributed by atoms with Crippen molar-refractivity contribution in [3.05, 3.63) is 46.6 Å². The fraction of sp³-hybridized carbons (Fsp3) is 0.300. The number of para-hydroxylation sites is 1. The van der Waals surface area contributed by atoms with Crippen molar-refractivity contribution in [1.82, 2.24) is 15.2 Å². The van der Waals surface area contributed by atoms with E-state index in [2.05, 4.69) is 20.5 Å². The molecule has 0 spiro atoms. The van der Waals surface area contributed by atoms with Crippen LogP contribution in [-0.2, 0) is 11.2 Å². The van der Waals surface area contributed by atoms with Crippen molar-refractivity contribution in [1.29, 1.82) is 0 Å². The first-order chi connectivity index (χ1) is 13.9. The van der Waals surface area contributed by atoms with Gasteiger partial charge in [0.15, 0.2) is 10.8 Å². The lowest BCUT2D eigenvalue weighted by atomic mass is 10.1. The van der Waals surface area contributed by atoms with Gasteiger partial charge >= 0.3 is 5.97 Å². The van der Waals surface area contributed by atoms with E-state index in [1.54, 1.807) is 13.2 Å². The lowest BCUT2D eigenvalue weighted by Gasteiger charge is -2.04. The summed E-state index contributed by atoms with van der Waals surface area (Å²) in [6.45, 7) is 4.09. The number of hydrogen-bond donors (Lipinski definition) is 2. The zero-order valence-electron chi connectivity index (χ0n) is 16.6. The first-order valence-electron chi connectivity index (χ1n) is 9.01. The third-order valence-corrected chi connectivity index (χ3v) is 5.09. The number of nitrogens with one attached hydrogen (secondary N) is 2. The first-order valence-corrected chi connectivity index (χ1v) is 9.82. The van der Waals surface area contributed by atoms with E-state index < -0.39 is 11.9 Å². The second-order valence-corrected chi connectivity index (χ2v) is 7.79. The van der Waals surface area contributed by atoms with Crippen LogP contribution in [0.25, 0.3) is 11.3 Å². The Balaban J connectivity index is 1.81. The summed E-state index contributed by atoms with van der Waals surface area (Å²) in [6, 6.07) is 9.05. The van der Waals surface area contributed by atoms with Crippen molar-refractivity contribution in [3.63, 3.8) is 0 Å². The summed E-state index contributed by atoms with van der Waals surface area (Å²) in [6.07, 6.45) is 0.667. The minimum atomic E-state index is -0.516. The number of thiazole rings is 1. The molecule has 29 heavy (non-hydrogen) atoms. The summed E-state index contributed by atoms with van der Waals surface area (Å²) in [5.74, 6) is 0.0719. The topological polar surface area (TPSA) is 106 Å². The predicted molar refractivity (Wildman–Crippen MR) is 111 cm³/mol. The lowest BCUT2D eigenvalue weighted by molar-refractivity contribution is 0.0593. The number of benzene rings is 1. The number of ether oxygens (including phenoxy) is 2. The monoisotopic (exact) mass is 414 g/mol. The van der Waals surface area contributed by atoms with E-state index in [0.29, 0.717) is 28.9 Å². The van der Waals surface area contributed by atoms with Gasteiger partial charge in [0.1, 0.15) is 11.4 Å². The van der Waals surface area contributed by atoms with Crippen molar-refractivity contribution in [2.75, 3.05) is 19.5 Å². The normalized spacial score (nSPS) is 10.8. The SMILES string of the molecule is COC(=O)c1nc(NC(=O)c2cc(-c3ccccc3OC)n[nH]2)sc1CC(C)C. The Kier molecular flexibility index (Phi) is 6.28. The Hall–Kier alpha value is -3.20. The van der Waals surface area contributed by atoms with Crippen LogP contribution >= 0.6 is 11.3 Å². The Morgan fingerprint density at radius 2 is 2.00 bits per heavy atom. The maximum Gasteiger partial charge on any atom is 0.357 e. The van der Waals surface area contributed by atoms with E-state index in [0.717, 1.165) is 10.4 Å². The highest BCUT2D eigenvalue weighted by Gasteiger charge is 2.21. The molecule has 8 nitrogen and oxygen atoms in total. The molecule has 0 aliphatic rings. The van der Waals surface area contributed by atoms with E-state index in [1.807, 2.05) is 38.1 Å². The molecule has 0 fully saturated rings. The Morgan fingerprint density at radius 3 is 2.69 bits per heavy atom. The molecule has 2 heterocycles. The number of H-pyrrole nitrogens is 1. The molecule has 3 aromatic rings. The first kappa shape index (κ1) is 20.5.